The van der Waals surface area contributed by atoms with Crippen molar-refractivity contribution in [2.45, 2.75) is 20.3 Å². The highest BCUT2D eigenvalue weighted by molar-refractivity contribution is 6.01. The second kappa shape index (κ2) is 18.5. The topological polar surface area (TPSA) is 66.1 Å². The molecule has 0 saturated heterocycles. The summed E-state index contributed by atoms with van der Waals surface area (Å²) >= 11 is 0. The van der Waals surface area contributed by atoms with Crippen LogP contribution in [0, 0.1) is 24.8 Å². The maximum atomic E-state index is 10.3. The third kappa shape index (κ3) is 8.94. The molecule has 290 valence electrons. The fourth-order valence-electron chi connectivity index (χ4n) is 7.34. The summed E-state index contributed by atoms with van der Waals surface area (Å²) in [6.45, 7) is 12.3. The lowest BCUT2D eigenvalue weighted by Crippen LogP contribution is -2.09. The van der Waals surface area contributed by atoms with Crippen LogP contribution in [0.4, 0.5) is 39.8 Å². The van der Waals surface area contributed by atoms with Gasteiger partial charge in [-0.15, -0.1) is 0 Å². The zero-order chi connectivity index (χ0) is 40.6. The van der Waals surface area contributed by atoms with Crippen molar-refractivity contribution in [3.63, 3.8) is 0 Å². The van der Waals surface area contributed by atoms with Crippen molar-refractivity contribution in [1.82, 2.24) is 0 Å². The maximum absolute atomic E-state index is 10.3. The number of aryl methyl sites for hydroxylation is 2. The van der Waals surface area contributed by atoms with Gasteiger partial charge in [-0.3, -0.25) is 0 Å². The highest BCUT2D eigenvalue weighted by Gasteiger charge is 2.14. The van der Waals surface area contributed by atoms with Crippen LogP contribution in [0.2, 0.25) is 0 Å². The van der Waals surface area contributed by atoms with Gasteiger partial charge in [0.2, 0.25) is 0 Å². The summed E-state index contributed by atoms with van der Waals surface area (Å²) < 4.78 is 0. The molecular formula is C55H44N4O. The summed E-state index contributed by atoms with van der Waals surface area (Å²) in [6.07, 6.45) is 9.12. The van der Waals surface area contributed by atoms with Crippen molar-refractivity contribution in [1.29, 1.82) is 5.26 Å². The Morgan fingerprint density at radius 3 is 1.35 bits per heavy atom. The lowest BCUT2D eigenvalue weighted by Gasteiger charge is -2.25. The van der Waals surface area contributed by atoms with Crippen LogP contribution in [0.1, 0.15) is 45.9 Å². The second-order valence-electron chi connectivity index (χ2n) is 14.5. The number of rotatable bonds is 11. The standard InChI is InChI=1S/C55H42N4.H2O/c1-4-41-21-29-50(30-22-41)59(48-13-9-6-10-14-48)52-33-25-43(26-34-52)18-20-45-36-53-46(39-56)35-44(37-54(53)55(38-45)57-3)19-17-42-23-31-51(32-24-42)58(47-11-7-5-8-12-47)49-27-15-40(2)16-28-49;/h5-38H,4H2,1-2H3;1H2/b19-17-,20-18-;. The predicted molar refractivity (Wildman–Crippen MR) is 253 cm³/mol. The van der Waals surface area contributed by atoms with Crippen molar-refractivity contribution in [2.75, 3.05) is 9.80 Å². The van der Waals surface area contributed by atoms with Gasteiger partial charge in [0.15, 0.2) is 5.69 Å². The molecule has 2 N–H and O–H groups in total. The van der Waals surface area contributed by atoms with Crippen molar-refractivity contribution >= 4 is 74.9 Å². The van der Waals surface area contributed by atoms with Crippen LogP contribution >= 0.6 is 0 Å². The zero-order valence-corrected chi connectivity index (χ0v) is 33.6. The Hall–Kier alpha value is -7.96. The van der Waals surface area contributed by atoms with Crippen LogP contribution in [0.15, 0.2) is 182 Å². The van der Waals surface area contributed by atoms with E-state index in [1.54, 1.807) is 0 Å². The smallest absolute Gasteiger partial charge is 0.195 e. The minimum absolute atomic E-state index is 0. The quantitative estimate of drug-likeness (QED) is 0.0970. The summed E-state index contributed by atoms with van der Waals surface area (Å²) in [7, 11) is 0. The van der Waals surface area contributed by atoms with E-state index in [0.717, 1.165) is 73.6 Å². The molecule has 0 aliphatic heterocycles. The molecule has 0 saturated carbocycles. The third-order valence-corrected chi connectivity index (χ3v) is 10.5. The molecule has 0 radical (unpaired) electrons. The Bertz CT molecular complexity index is 2850. The molecule has 60 heavy (non-hydrogen) atoms. The van der Waals surface area contributed by atoms with Crippen LogP contribution in [-0.4, -0.2) is 5.48 Å². The van der Waals surface area contributed by atoms with E-state index in [1.807, 2.05) is 54.6 Å². The number of hydrogen-bond donors (Lipinski definition) is 0. The number of nitrogens with zero attached hydrogens (tertiary/aromatic N) is 4. The Kier molecular flexibility index (Phi) is 12.4. The van der Waals surface area contributed by atoms with Gasteiger partial charge in [-0.1, -0.05) is 128 Å². The summed E-state index contributed by atoms with van der Waals surface area (Å²) in [4.78, 5) is 8.40. The lowest BCUT2D eigenvalue weighted by molar-refractivity contribution is 0.824. The Labute approximate surface area is 352 Å². The molecule has 0 spiro atoms. The molecule has 5 heteroatoms. The fourth-order valence-corrected chi connectivity index (χ4v) is 7.34. The molecule has 0 heterocycles. The molecule has 0 aliphatic carbocycles. The highest BCUT2D eigenvalue weighted by atomic mass is 16.0. The largest absolute Gasteiger partial charge is 0.412 e. The number of para-hydroxylation sites is 2. The molecule has 5 nitrogen and oxygen atoms in total. The van der Waals surface area contributed by atoms with Gasteiger partial charge in [-0.2, -0.15) is 5.26 Å². The normalized spacial score (nSPS) is 10.9. The van der Waals surface area contributed by atoms with Gasteiger partial charge in [0.25, 0.3) is 0 Å². The van der Waals surface area contributed by atoms with Crippen LogP contribution < -0.4 is 9.80 Å². The summed E-state index contributed by atoms with van der Waals surface area (Å²) in [6, 6.07) is 65.2. The average molecular weight is 777 g/mol. The summed E-state index contributed by atoms with van der Waals surface area (Å²) in [5.41, 5.74) is 13.8. The minimum atomic E-state index is 0. The fraction of sp³-hybridized carbons (Fsp3) is 0.0545. The first-order valence-corrected chi connectivity index (χ1v) is 19.8. The number of anilines is 6. The van der Waals surface area contributed by atoms with E-state index in [9.17, 15) is 5.26 Å². The molecule has 0 fully saturated rings. The number of nitriles is 1. The molecular weight excluding hydrogens is 733 g/mol. The van der Waals surface area contributed by atoms with Crippen molar-refractivity contribution < 1.29 is 5.48 Å². The van der Waals surface area contributed by atoms with Gasteiger partial charge in [-0.05, 0) is 143 Å². The highest BCUT2D eigenvalue weighted by Crippen LogP contribution is 2.37. The lowest BCUT2D eigenvalue weighted by atomic mass is 9.97. The van der Waals surface area contributed by atoms with E-state index in [2.05, 4.69) is 186 Å². The summed E-state index contributed by atoms with van der Waals surface area (Å²) in [5.74, 6) is 0. The molecule has 8 aromatic rings. The minimum Gasteiger partial charge on any atom is -0.412 e. The second-order valence-corrected chi connectivity index (χ2v) is 14.5. The molecule has 8 rings (SSSR count). The van der Waals surface area contributed by atoms with Crippen LogP contribution in [-0.2, 0) is 6.42 Å². The van der Waals surface area contributed by atoms with Crippen LogP contribution in [0.25, 0.3) is 39.9 Å². The van der Waals surface area contributed by atoms with E-state index < -0.39 is 0 Å². The van der Waals surface area contributed by atoms with Crippen LogP contribution in [0.3, 0.4) is 0 Å². The van der Waals surface area contributed by atoms with Crippen LogP contribution in [0.5, 0.6) is 0 Å². The van der Waals surface area contributed by atoms with Crippen molar-refractivity contribution in [3.8, 4) is 6.07 Å². The first kappa shape index (κ1) is 40.2. The molecule has 0 aliphatic rings. The predicted octanol–water partition coefficient (Wildman–Crippen LogP) is 14.6. The Balaban J connectivity index is 0.00000544. The third-order valence-electron chi connectivity index (χ3n) is 10.5. The van der Waals surface area contributed by atoms with Crippen molar-refractivity contribution in [2.24, 2.45) is 0 Å². The van der Waals surface area contributed by atoms with Gasteiger partial charge in [-0.25, -0.2) is 4.85 Å². The Morgan fingerprint density at radius 1 is 0.500 bits per heavy atom. The van der Waals surface area contributed by atoms with Gasteiger partial charge < -0.3 is 15.3 Å². The number of hydrogen-bond acceptors (Lipinski definition) is 3. The van der Waals surface area contributed by atoms with E-state index in [4.69, 9.17) is 6.57 Å². The Morgan fingerprint density at radius 2 is 0.900 bits per heavy atom. The monoisotopic (exact) mass is 776 g/mol. The average Bonchev–Trinajstić information content (AvgIpc) is 3.29. The van der Waals surface area contributed by atoms with E-state index in [-0.39, 0.29) is 5.48 Å². The molecule has 8 aromatic carbocycles. The van der Waals surface area contributed by atoms with Gasteiger partial charge in [0.05, 0.1) is 18.2 Å². The molecule has 0 bridgehead atoms. The zero-order valence-electron chi connectivity index (χ0n) is 33.6. The first-order chi connectivity index (χ1) is 29.0. The van der Waals surface area contributed by atoms with Crippen molar-refractivity contribution in [3.05, 3.63) is 232 Å². The number of fused-ring (bicyclic) bond motifs is 1. The van der Waals surface area contributed by atoms with E-state index in [0.29, 0.717) is 11.3 Å². The molecule has 0 aromatic heterocycles. The van der Waals surface area contributed by atoms with Gasteiger partial charge in [0.1, 0.15) is 0 Å². The molecule has 0 unspecified atom stereocenters. The van der Waals surface area contributed by atoms with Gasteiger partial charge in [0, 0.05) is 34.1 Å². The number of benzene rings is 8. The SMILES string of the molecule is O.[C-]#[N+]c1cc(/C=C\c2ccc(N(c3ccccc3)c3ccc(CC)cc3)cc2)cc2c(C#N)cc(/C=C\c3ccc(N(c4ccccc4)c4ccc(C)cc4)cc3)cc12. The first-order valence-electron chi connectivity index (χ1n) is 19.8. The molecule has 0 amide bonds. The summed E-state index contributed by atoms with van der Waals surface area (Å²) in [5, 5.41) is 11.8. The molecule has 0 atom stereocenters. The van der Waals surface area contributed by atoms with E-state index in [1.165, 1.54) is 11.1 Å². The van der Waals surface area contributed by atoms with E-state index >= 15 is 0 Å². The maximum Gasteiger partial charge on any atom is 0.195 e. The van der Waals surface area contributed by atoms with Gasteiger partial charge >= 0.3 is 0 Å².